The van der Waals surface area contributed by atoms with E-state index in [0.29, 0.717) is 35.1 Å². The molecule has 0 spiro atoms. The van der Waals surface area contributed by atoms with Crippen molar-refractivity contribution in [3.05, 3.63) is 106 Å². The minimum atomic E-state index is -1.03. The minimum Gasteiger partial charge on any atom is -0.480 e. The van der Waals surface area contributed by atoms with Crippen LogP contribution < -0.4 is 10.6 Å². The van der Waals surface area contributed by atoms with Crippen molar-refractivity contribution in [2.45, 2.75) is 44.6 Å². The predicted octanol–water partition coefficient (Wildman–Crippen LogP) is 5.94. The molecule has 0 bridgehead atoms. The number of rotatable bonds is 12. The Morgan fingerprint density at radius 2 is 2.03 bits per heavy atom. The van der Waals surface area contributed by atoms with Gasteiger partial charge in [-0.15, -0.1) is 0 Å². The van der Waals surface area contributed by atoms with Crippen molar-refractivity contribution >= 4 is 35.2 Å². The molecule has 1 heterocycles. The van der Waals surface area contributed by atoms with E-state index in [9.17, 15) is 14.7 Å². The van der Waals surface area contributed by atoms with Crippen LogP contribution in [0.4, 0.5) is 0 Å². The molecule has 3 N–H and O–H groups in total. The number of hydrogen-bond acceptors (Lipinski definition) is 6. The zero-order chi connectivity index (χ0) is 27.8. The molecule has 39 heavy (non-hydrogen) atoms. The number of hydrogen-bond donors (Lipinski definition) is 3. The summed E-state index contributed by atoms with van der Waals surface area (Å²) >= 11 is 7.52. The van der Waals surface area contributed by atoms with Gasteiger partial charge in [0.1, 0.15) is 18.4 Å². The Morgan fingerprint density at radius 1 is 1.23 bits per heavy atom. The quantitative estimate of drug-likeness (QED) is 0.291. The summed E-state index contributed by atoms with van der Waals surface area (Å²) in [4.78, 5) is 25.0. The predicted molar refractivity (Wildman–Crippen MR) is 155 cm³/mol. The van der Waals surface area contributed by atoms with E-state index < -0.39 is 12.0 Å². The fraction of sp³-hybridized carbons (Fsp3) is 0.333. The van der Waals surface area contributed by atoms with Gasteiger partial charge in [0.15, 0.2) is 6.23 Å². The number of carbonyl (C=O) groups is 2. The van der Waals surface area contributed by atoms with E-state index >= 15 is 0 Å². The monoisotopic (exact) mass is 568 g/mol. The Bertz CT molecular complexity index is 1270. The fourth-order valence-electron chi connectivity index (χ4n) is 4.57. The zero-order valence-electron chi connectivity index (χ0n) is 22.0. The van der Waals surface area contributed by atoms with E-state index in [0.717, 1.165) is 28.7 Å². The summed E-state index contributed by atoms with van der Waals surface area (Å²) in [5, 5.41) is 16.2. The van der Waals surface area contributed by atoms with Crippen molar-refractivity contribution in [2.75, 3.05) is 18.6 Å². The second-order valence-electron chi connectivity index (χ2n) is 9.51. The third-order valence-corrected chi connectivity index (χ3v) is 7.61. The summed E-state index contributed by atoms with van der Waals surface area (Å²) in [7, 11) is 0. The number of amides is 1. The topological polar surface area (TPSA) is 96.9 Å². The molecule has 0 saturated heterocycles. The molecule has 0 radical (unpaired) electrons. The maximum absolute atomic E-state index is 13.3. The van der Waals surface area contributed by atoms with E-state index in [1.165, 1.54) is 0 Å². The number of nitrogens with one attached hydrogen (secondary N) is 2. The lowest BCUT2D eigenvalue weighted by molar-refractivity contribution is -0.139. The van der Waals surface area contributed by atoms with Crippen LogP contribution in [0.15, 0.2) is 78.2 Å². The van der Waals surface area contributed by atoms with Gasteiger partial charge in [-0.25, -0.2) is 4.79 Å². The van der Waals surface area contributed by atoms with E-state index in [-0.39, 0.29) is 24.7 Å². The highest BCUT2D eigenvalue weighted by molar-refractivity contribution is 7.98. The Labute approximate surface area is 238 Å². The molecule has 0 fully saturated rings. The number of carboxylic acids is 1. The van der Waals surface area contributed by atoms with Crippen molar-refractivity contribution in [1.82, 2.24) is 10.6 Å². The number of ether oxygens (including phenoxy) is 2. The molecule has 0 aromatic heterocycles. The standard InChI is InChI=1S/C30H33ClN2O5S/c1-19-5-3-4-6-24(19)26-15-20(7-12-25(26)28(34)33-27(30(35)36)13-14-39-2)17-37-18-23-16-32-29(38-23)21-8-10-22(31)11-9-21/h3-5,7-12,15-16,24,27,29,32H,6,13-14,17-18H2,1-2H3,(H,33,34)(H,35,36)/t24?,27-,29?/m0/s1. The van der Waals surface area contributed by atoms with Crippen LogP contribution in [0.5, 0.6) is 0 Å². The van der Waals surface area contributed by atoms with Gasteiger partial charge in [0.2, 0.25) is 0 Å². The summed E-state index contributed by atoms with van der Waals surface area (Å²) < 4.78 is 11.9. The molecule has 0 saturated carbocycles. The average Bonchev–Trinajstić information content (AvgIpc) is 3.40. The lowest BCUT2D eigenvalue weighted by Gasteiger charge is -2.24. The van der Waals surface area contributed by atoms with Crippen molar-refractivity contribution in [3.63, 3.8) is 0 Å². The Balaban J connectivity index is 1.43. The summed E-state index contributed by atoms with van der Waals surface area (Å²) in [5.41, 5.74) is 4.38. The highest BCUT2D eigenvalue weighted by atomic mass is 35.5. The maximum Gasteiger partial charge on any atom is 0.326 e. The SMILES string of the molecule is CSCC[C@H](NC(=O)c1ccc(COCC2=CNC(c3ccc(Cl)cc3)O2)cc1C1CC=CC=C1C)C(=O)O. The highest BCUT2D eigenvalue weighted by Gasteiger charge is 2.26. The van der Waals surface area contributed by atoms with Crippen molar-refractivity contribution < 1.29 is 24.2 Å². The first kappa shape index (κ1) is 28.8. The third kappa shape index (κ3) is 7.68. The van der Waals surface area contributed by atoms with Gasteiger partial charge < -0.3 is 25.2 Å². The normalized spacial score (nSPS) is 18.9. The van der Waals surface area contributed by atoms with Gasteiger partial charge in [0.25, 0.3) is 5.91 Å². The van der Waals surface area contributed by atoms with Crippen LogP contribution in [0.25, 0.3) is 0 Å². The molecule has 9 heteroatoms. The van der Waals surface area contributed by atoms with Crippen LogP contribution in [0.1, 0.15) is 59.0 Å². The van der Waals surface area contributed by atoms with E-state index in [1.54, 1.807) is 24.0 Å². The zero-order valence-corrected chi connectivity index (χ0v) is 23.6. The largest absolute Gasteiger partial charge is 0.480 e. The summed E-state index contributed by atoms with van der Waals surface area (Å²) in [6.07, 6.45) is 10.7. The molecule has 1 aliphatic carbocycles. The van der Waals surface area contributed by atoms with Crippen LogP contribution in [0.2, 0.25) is 5.02 Å². The van der Waals surface area contributed by atoms with Gasteiger partial charge in [0.05, 0.1) is 6.61 Å². The summed E-state index contributed by atoms with van der Waals surface area (Å²) in [5.74, 6) is -0.0529. The Morgan fingerprint density at radius 3 is 2.74 bits per heavy atom. The van der Waals surface area contributed by atoms with Crippen molar-refractivity contribution in [2.24, 2.45) is 0 Å². The molecule has 2 aromatic carbocycles. The third-order valence-electron chi connectivity index (χ3n) is 6.72. The van der Waals surface area contributed by atoms with Crippen LogP contribution in [0, 0.1) is 0 Å². The van der Waals surface area contributed by atoms with Crippen LogP contribution in [-0.4, -0.2) is 41.6 Å². The number of carbonyl (C=O) groups excluding carboxylic acids is 1. The maximum atomic E-state index is 13.3. The van der Waals surface area contributed by atoms with E-state index in [2.05, 4.69) is 16.7 Å². The van der Waals surface area contributed by atoms with Crippen LogP contribution in [-0.2, 0) is 20.9 Å². The molecule has 2 unspecified atom stereocenters. The van der Waals surface area contributed by atoms with Crippen molar-refractivity contribution in [1.29, 1.82) is 0 Å². The lowest BCUT2D eigenvalue weighted by atomic mass is 9.83. The fourth-order valence-corrected chi connectivity index (χ4v) is 5.17. The number of carboxylic acid groups (broad SMARTS) is 1. The first-order chi connectivity index (χ1) is 18.9. The van der Waals surface area contributed by atoms with E-state index in [4.69, 9.17) is 21.1 Å². The number of thioether (sulfide) groups is 1. The molecular weight excluding hydrogens is 536 g/mol. The van der Waals surface area contributed by atoms with Gasteiger partial charge in [0, 0.05) is 28.3 Å². The van der Waals surface area contributed by atoms with Crippen molar-refractivity contribution in [3.8, 4) is 0 Å². The molecule has 1 amide bonds. The molecule has 3 atom stereocenters. The minimum absolute atomic E-state index is 0.0235. The van der Waals surface area contributed by atoms with Gasteiger partial charge in [-0.3, -0.25) is 4.79 Å². The summed E-state index contributed by atoms with van der Waals surface area (Å²) in [6.45, 7) is 2.67. The molecule has 1 aliphatic heterocycles. The highest BCUT2D eigenvalue weighted by Crippen LogP contribution is 2.34. The van der Waals surface area contributed by atoms with Crippen LogP contribution in [0.3, 0.4) is 0 Å². The lowest BCUT2D eigenvalue weighted by Crippen LogP contribution is -2.41. The molecular formula is C30H33ClN2O5S. The Hall–Kier alpha value is -3.20. The van der Waals surface area contributed by atoms with Crippen LogP contribution >= 0.6 is 23.4 Å². The molecule has 206 valence electrons. The first-order valence-electron chi connectivity index (χ1n) is 12.8. The van der Waals surface area contributed by atoms with E-state index in [1.807, 2.05) is 61.7 Å². The number of benzene rings is 2. The second-order valence-corrected chi connectivity index (χ2v) is 10.9. The summed E-state index contributed by atoms with van der Waals surface area (Å²) in [6, 6.07) is 12.1. The first-order valence-corrected chi connectivity index (χ1v) is 14.6. The smallest absolute Gasteiger partial charge is 0.326 e. The molecule has 7 nitrogen and oxygen atoms in total. The van der Waals surface area contributed by atoms with Gasteiger partial charge >= 0.3 is 5.97 Å². The second kappa shape index (κ2) is 13.7. The number of aliphatic carboxylic acids is 1. The molecule has 4 rings (SSSR count). The average molecular weight is 569 g/mol. The number of allylic oxidation sites excluding steroid dienone is 4. The van der Waals surface area contributed by atoms with Gasteiger partial charge in [-0.05, 0) is 61.1 Å². The van der Waals surface area contributed by atoms with Gasteiger partial charge in [-0.1, -0.05) is 59.7 Å². The Kier molecular flexibility index (Phi) is 10.1. The molecule has 2 aromatic rings. The number of halogens is 1. The molecule has 2 aliphatic rings. The van der Waals surface area contributed by atoms with Gasteiger partial charge in [-0.2, -0.15) is 11.8 Å².